The molecule has 0 bridgehead atoms. The first-order valence-corrected chi connectivity index (χ1v) is 20.2. The molecule has 0 radical (unpaired) electrons. The molecule has 0 atom stereocenters. The Morgan fingerprint density at radius 1 is 0.491 bits per heavy atom. The molecule has 55 heavy (non-hydrogen) atoms. The number of benzene rings is 8. The Morgan fingerprint density at radius 2 is 1.16 bits per heavy atom. The Bertz CT molecular complexity index is 2940. The second-order valence-electron chi connectivity index (χ2n) is 16.5. The lowest BCUT2D eigenvalue weighted by atomic mass is 9.82. The second kappa shape index (κ2) is 12.5. The van der Waals surface area contributed by atoms with E-state index < -0.39 is 0 Å². The first-order chi connectivity index (χ1) is 26.7. The number of rotatable bonds is 5. The van der Waals surface area contributed by atoms with Crippen molar-refractivity contribution in [2.45, 2.75) is 45.4 Å². The van der Waals surface area contributed by atoms with Crippen molar-refractivity contribution >= 4 is 59.3 Å². The number of hydrogen-bond donors (Lipinski definition) is 0. The van der Waals surface area contributed by atoms with E-state index in [-0.39, 0.29) is 10.8 Å². The lowest BCUT2D eigenvalue weighted by Gasteiger charge is -2.33. The lowest BCUT2D eigenvalue weighted by Crippen LogP contribution is -2.18. The summed E-state index contributed by atoms with van der Waals surface area (Å²) in [5.74, 6) is 0. The van der Waals surface area contributed by atoms with Crippen LogP contribution in [0.4, 0.5) is 17.1 Å². The van der Waals surface area contributed by atoms with E-state index in [1.165, 1.54) is 81.0 Å². The third kappa shape index (κ3) is 5.34. The van der Waals surface area contributed by atoms with Gasteiger partial charge in [-0.3, -0.25) is 0 Å². The van der Waals surface area contributed by atoms with Crippen LogP contribution in [0.5, 0.6) is 0 Å². The van der Waals surface area contributed by atoms with Crippen molar-refractivity contribution < 1.29 is 0 Å². The van der Waals surface area contributed by atoms with Crippen molar-refractivity contribution in [3.63, 3.8) is 0 Å². The fourth-order valence-corrected chi connectivity index (χ4v) is 10.2. The van der Waals surface area contributed by atoms with E-state index in [9.17, 15) is 0 Å². The van der Waals surface area contributed by atoms with Crippen LogP contribution in [-0.4, -0.2) is 0 Å². The van der Waals surface area contributed by atoms with Crippen molar-refractivity contribution in [3.05, 3.63) is 187 Å². The first kappa shape index (κ1) is 33.6. The number of thiophene rings is 1. The van der Waals surface area contributed by atoms with E-state index in [0.29, 0.717) is 0 Å². The summed E-state index contributed by atoms with van der Waals surface area (Å²) in [6.45, 7) is 11.7. The van der Waals surface area contributed by atoms with Crippen LogP contribution in [-0.2, 0) is 10.8 Å². The average molecular weight is 726 g/mol. The molecule has 0 amide bonds. The van der Waals surface area contributed by atoms with E-state index in [0.717, 1.165) is 17.1 Å². The second-order valence-corrected chi connectivity index (χ2v) is 17.6. The average Bonchev–Trinajstić information content (AvgIpc) is 3.70. The van der Waals surface area contributed by atoms with E-state index in [1.807, 2.05) is 11.3 Å². The Morgan fingerprint density at radius 3 is 2.00 bits per heavy atom. The predicted octanol–water partition coefficient (Wildman–Crippen LogP) is 15.6. The third-order valence-corrected chi connectivity index (χ3v) is 13.1. The molecule has 9 aromatic rings. The van der Waals surface area contributed by atoms with Crippen LogP contribution < -0.4 is 4.90 Å². The van der Waals surface area contributed by atoms with Crippen molar-refractivity contribution in [2.24, 2.45) is 0 Å². The molecule has 0 fully saturated rings. The summed E-state index contributed by atoms with van der Waals surface area (Å²) in [6.07, 6.45) is 0. The van der Waals surface area contributed by atoms with Gasteiger partial charge in [-0.05, 0) is 86.0 Å². The van der Waals surface area contributed by atoms with Gasteiger partial charge in [0.1, 0.15) is 0 Å². The molecule has 0 spiro atoms. The van der Waals surface area contributed by atoms with E-state index in [1.54, 1.807) is 0 Å². The van der Waals surface area contributed by atoms with Gasteiger partial charge < -0.3 is 4.90 Å². The molecule has 1 nitrogen and oxygen atoms in total. The van der Waals surface area contributed by atoms with E-state index >= 15 is 0 Å². The Hall–Kier alpha value is -5.96. The van der Waals surface area contributed by atoms with Gasteiger partial charge in [-0.2, -0.15) is 0 Å². The summed E-state index contributed by atoms with van der Waals surface area (Å²) in [4.78, 5) is 2.56. The van der Waals surface area contributed by atoms with Gasteiger partial charge >= 0.3 is 0 Å². The topological polar surface area (TPSA) is 3.24 Å². The molecule has 0 N–H and O–H groups in total. The van der Waals surface area contributed by atoms with Gasteiger partial charge in [-0.15, -0.1) is 11.3 Å². The highest BCUT2D eigenvalue weighted by molar-refractivity contribution is 7.26. The van der Waals surface area contributed by atoms with Gasteiger partial charge in [0, 0.05) is 48.0 Å². The molecule has 8 aromatic carbocycles. The molecule has 266 valence electrons. The number of hydrogen-bond acceptors (Lipinski definition) is 2. The van der Waals surface area contributed by atoms with Gasteiger partial charge in [0.25, 0.3) is 0 Å². The fourth-order valence-electron chi connectivity index (χ4n) is 8.96. The number of anilines is 3. The van der Waals surface area contributed by atoms with Gasteiger partial charge in [0.05, 0.1) is 11.4 Å². The van der Waals surface area contributed by atoms with Gasteiger partial charge in [0.2, 0.25) is 0 Å². The summed E-state index contributed by atoms with van der Waals surface area (Å²) in [6, 6.07) is 63.5. The van der Waals surface area contributed by atoms with Gasteiger partial charge in [0.15, 0.2) is 0 Å². The minimum Gasteiger partial charge on any atom is -0.309 e. The summed E-state index contributed by atoms with van der Waals surface area (Å²) >= 11 is 1.90. The minimum absolute atomic E-state index is 0.0127. The van der Waals surface area contributed by atoms with Gasteiger partial charge in [-0.1, -0.05) is 168 Å². The number of nitrogens with zero attached hydrogens (tertiary/aromatic N) is 1. The molecule has 0 saturated heterocycles. The molecular formula is C53H43NS. The van der Waals surface area contributed by atoms with E-state index in [4.69, 9.17) is 0 Å². The minimum atomic E-state index is -0.138. The zero-order chi connectivity index (χ0) is 37.5. The smallest absolute Gasteiger partial charge is 0.0547 e. The van der Waals surface area contributed by atoms with Crippen LogP contribution in [0.15, 0.2) is 170 Å². The van der Waals surface area contributed by atoms with Crippen LogP contribution in [0, 0.1) is 0 Å². The van der Waals surface area contributed by atoms with Gasteiger partial charge in [-0.25, -0.2) is 0 Å². The molecular weight excluding hydrogens is 683 g/mol. The summed E-state index contributed by atoms with van der Waals surface area (Å²) < 4.78 is 2.63. The van der Waals surface area contributed by atoms with Crippen LogP contribution in [0.2, 0.25) is 0 Å². The third-order valence-electron chi connectivity index (χ3n) is 11.8. The maximum Gasteiger partial charge on any atom is 0.0547 e. The van der Waals surface area contributed by atoms with Crippen molar-refractivity contribution in [2.75, 3.05) is 4.90 Å². The quantitative estimate of drug-likeness (QED) is 0.171. The molecule has 0 aliphatic heterocycles. The lowest BCUT2D eigenvalue weighted by molar-refractivity contribution is 0.590. The Balaban J connectivity index is 1.32. The standard InChI is InChI=1S/C53H43NS/c1-52(2,3)36-27-31-47(44(32-36)34-16-7-6-8-17-34)54(37-28-29-40-39-20-11-13-24-45(39)53(4,5)46(40)33-37)48-30-26-35-18-9-10-19-38(35)50(48)43-23-15-22-42-41-21-12-14-25-49(41)55-51(42)43/h6-33H,1-5H3. The SMILES string of the molecule is CC(C)(C)c1ccc(N(c2ccc3c(c2)C(C)(C)c2ccccc2-3)c2ccc3ccccc3c2-c2cccc3c2sc2ccccc23)c(-c2ccccc2)c1. The van der Waals surface area contributed by atoms with Crippen LogP contribution >= 0.6 is 11.3 Å². The molecule has 0 unspecified atom stereocenters. The largest absolute Gasteiger partial charge is 0.309 e. The monoisotopic (exact) mass is 725 g/mol. The fraction of sp³-hybridized carbons (Fsp3) is 0.132. The molecule has 1 aliphatic rings. The van der Waals surface area contributed by atoms with E-state index in [2.05, 4.69) is 209 Å². The molecule has 2 heteroatoms. The number of fused-ring (bicyclic) bond motifs is 7. The summed E-state index contributed by atoms with van der Waals surface area (Å²) in [7, 11) is 0. The maximum atomic E-state index is 2.56. The summed E-state index contributed by atoms with van der Waals surface area (Å²) in [5, 5.41) is 5.10. The van der Waals surface area contributed by atoms with Crippen LogP contribution in [0.3, 0.4) is 0 Å². The van der Waals surface area contributed by atoms with Crippen molar-refractivity contribution in [3.8, 4) is 33.4 Å². The zero-order valence-corrected chi connectivity index (χ0v) is 32.8. The molecule has 1 aliphatic carbocycles. The Labute approximate surface area is 328 Å². The molecule has 1 aromatic heterocycles. The maximum absolute atomic E-state index is 2.56. The highest BCUT2D eigenvalue weighted by Gasteiger charge is 2.36. The highest BCUT2D eigenvalue weighted by Crippen LogP contribution is 2.54. The van der Waals surface area contributed by atoms with Crippen LogP contribution in [0.1, 0.15) is 51.3 Å². The van der Waals surface area contributed by atoms with Crippen molar-refractivity contribution in [1.29, 1.82) is 0 Å². The predicted molar refractivity (Wildman–Crippen MR) is 239 cm³/mol. The van der Waals surface area contributed by atoms with Crippen molar-refractivity contribution in [1.82, 2.24) is 0 Å². The zero-order valence-electron chi connectivity index (χ0n) is 32.0. The normalized spacial score (nSPS) is 13.3. The molecule has 0 saturated carbocycles. The summed E-state index contributed by atoms with van der Waals surface area (Å²) in [5.41, 5.74) is 15.0. The first-order valence-electron chi connectivity index (χ1n) is 19.4. The molecule has 10 rings (SSSR count). The Kier molecular flexibility index (Phi) is 7.67. The highest BCUT2D eigenvalue weighted by atomic mass is 32.1. The van der Waals surface area contributed by atoms with Crippen LogP contribution in [0.25, 0.3) is 64.3 Å². The molecule has 1 heterocycles.